The summed E-state index contributed by atoms with van der Waals surface area (Å²) in [6, 6.07) is 7.93. The summed E-state index contributed by atoms with van der Waals surface area (Å²) < 4.78 is 0. The summed E-state index contributed by atoms with van der Waals surface area (Å²) in [7, 11) is 0. The second-order valence-electron chi connectivity index (χ2n) is 4.66. The predicted octanol–water partition coefficient (Wildman–Crippen LogP) is 1.87. The molecule has 0 saturated heterocycles. The van der Waals surface area contributed by atoms with Crippen LogP contribution in [0.2, 0.25) is 0 Å². The van der Waals surface area contributed by atoms with Crippen LogP contribution in [0.4, 0.5) is 10.5 Å². The fourth-order valence-corrected chi connectivity index (χ4v) is 1.82. The Kier molecular flexibility index (Phi) is 4.57. The smallest absolute Gasteiger partial charge is 0.319 e. The summed E-state index contributed by atoms with van der Waals surface area (Å²) in [5.74, 6) is -0.987. The highest BCUT2D eigenvalue weighted by Crippen LogP contribution is 2.27. The molecule has 0 spiro atoms. The molecule has 6 N–H and O–H groups in total. The van der Waals surface area contributed by atoms with Crippen LogP contribution in [0.25, 0.3) is 0 Å². The van der Waals surface area contributed by atoms with Crippen LogP contribution in [0.3, 0.4) is 0 Å². The SMILES string of the molecule is O=C(NCCc1ccc(O)c(O)c1)Nc1ccc(O)c(O)c1. The van der Waals surface area contributed by atoms with Crippen molar-refractivity contribution in [3.63, 3.8) is 0 Å². The minimum Gasteiger partial charge on any atom is -0.504 e. The Hall–Kier alpha value is -3.09. The number of anilines is 1. The molecule has 0 radical (unpaired) electrons. The number of hydrogen-bond acceptors (Lipinski definition) is 5. The van der Waals surface area contributed by atoms with Crippen molar-refractivity contribution >= 4 is 11.7 Å². The molecule has 0 fully saturated rings. The Bertz CT molecular complexity index is 688. The van der Waals surface area contributed by atoms with Gasteiger partial charge in [0.1, 0.15) is 0 Å². The topological polar surface area (TPSA) is 122 Å². The molecule has 2 rings (SSSR count). The number of phenolic OH excluding ortho intramolecular Hbond substituents is 4. The third-order valence-electron chi connectivity index (χ3n) is 2.97. The molecule has 0 unspecified atom stereocenters. The first kappa shape index (κ1) is 15.3. The third kappa shape index (κ3) is 3.95. The van der Waals surface area contributed by atoms with Gasteiger partial charge in [-0.3, -0.25) is 0 Å². The van der Waals surface area contributed by atoms with E-state index in [-0.39, 0.29) is 23.0 Å². The molecule has 0 saturated carbocycles. The van der Waals surface area contributed by atoms with Gasteiger partial charge in [0.2, 0.25) is 0 Å². The largest absolute Gasteiger partial charge is 0.504 e. The molecular formula is C15H16N2O5. The molecule has 2 aromatic carbocycles. The van der Waals surface area contributed by atoms with Crippen LogP contribution in [0.5, 0.6) is 23.0 Å². The molecule has 0 heterocycles. The highest BCUT2D eigenvalue weighted by molar-refractivity contribution is 5.89. The Morgan fingerprint density at radius 2 is 1.50 bits per heavy atom. The highest BCUT2D eigenvalue weighted by atomic mass is 16.3. The number of aromatic hydroxyl groups is 4. The van der Waals surface area contributed by atoms with Gasteiger partial charge in [-0.2, -0.15) is 0 Å². The van der Waals surface area contributed by atoms with Gasteiger partial charge in [-0.25, -0.2) is 4.79 Å². The van der Waals surface area contributed by atoms with Crippen molar-refractivity contribution < 1.29 is 25.2 Å². The zero-order valence-corrected chi connectivity index (χ0v) is 11.6. The van der Waals surface area contributed by atoms with E-state index in [1.54, 1.807) is 6.07 Å². The molecule has 0 aliphatic rings. The molecule has 7 heteroatoms. The Labute approximate surface area is 126 Å². The maximum absolute atomic E-state index is 11.7. The van der Waals surface area contributed by atoms with Crippen LogP contribution in [0.15, 0.2) is 36.4 Å². The van der Waals surface area contributed by atoms with Crippen LogP contribution in [-0.2, 0) is 6.42 Å². The number of carbonyl (C=O) groups excluding carboxylic acids is 1. The van der Waals surface area contributed by atoms with Crippen molar-refractivity contribution in [1.82, 2.24) is 5.32 Å². The van der Waals surface area contributed by atoms with Crippen LogP contribution < -0.4 is 10.6 Å². The standard InChI is InChI=1S/C15H16N2O5/c18-11-3-1-9(7-13(11)20)5-6-16-15(22)17-10-2-4-12(19)14(21)8-10/h1-4,7-8,18-21H,5-6H2,(H2,16,17,22). The molecule has 7 nitrogen and oxygen atoms in total. The lowest BCUT2D eigenvalue weighted by Gasteiger charge is -2.09. The van der Waals surface area contributed by atoms with E-state index in [1.165, 1.54) is 30.3 Å². The van der Waals surface area contributed by atoms with Gasteiger partial charge in [0.25, 0.3) is 0 Å². The van der Waals surface area contributed by atoms with Gasteiger partial charge < -0.3 is 31.1 Å². The zero-order chi connectivity index (χ0) is 16.1. The fraction of sp³-hybridized carbons (Fsp3) is 0.133. The van der Waals surface area contributed by atoms with Crippen molar-refractivity contribution in [2.24, 2.45) is 0 Å². The zero-order valence-electron chi connectivity index (χ0n) is 11.6. The van der Waals surface area contributed by atoms with E-state index in [0.29, 0.717) is 18.7 Å². The normalized spacial score (nSPS) is 10.2. The molecule has 0 atom stereocenters. The number of rotatable bonds is 4. The van der Waals surface area contributed by atoms with Gasteiger partial charge in [0.05, 0.1) is 0 Å². The molecule has 0 aromatic heterocycles. The average molecular weight is 304 g/mol. The van der Waals surface area contributed by atoms with E-state index in [0.717, 1.165) is 5.56 Å². The van der Waals surface area contributed by atoms with Crippen LogP contribution >= 0.6 is 0 Å². The van der Waals surface area contributed by atoms with Gasteiger partial charge in [-0.15, -0.1) is 0 Å². The molecule has 116 valence electrons. The minimum absolute atomic E-state index is 0.193. The van der Waals surface area contributed by atoms with Gasteiger partial charge in [0.15, 0.2) is 23.0 Å². The maximum Gasteiger partial charge on any atom is 0.319 e. The molecule has 22 heavy (non-hydrogen) atoms. The minimum atomic E-state index is -0.465. The average Bonchev–Trinajstić information content (AvgIpc) is 2.47. The van der Waals surface area contributed by atoms with Gasteiger partial charge in [-0.05, 0) is 36.2 Å². The summed E-state index contributed by atoms with van der Waals surface area (Å²) in [6.45, 7) is 0.320. The van der Waals surface area contributed by atoms with E-state index < -0.39 is 6.03 Å². The number of hydrogen-bond donors (Lipinski definition) is 6. The molecular weight excluding hydrogens is 288 g/mol. The van der Waals surface area contributed by atoms with Gasteiger partial charge in [-0.1, -0.05) is 6.07 Å². The second kappa shape index (κ2) is 6.57. The van der Waals surface area contributed by atoms with E-state index in [4.69, 9.17) is 0 Å². The number of nitrogens with one attached hydrogen (secondary N) is 2. The number of urea groups is 1. The summed E-state index contributed by atoms with van der Waals surface area (Å²) in [6.07, 6.45) is 0.474. The Balaban J connectivity index is 1.82. The summed E-state index contributed by atoms with van der Waals surface area (Å²) in [5, 5.41) is 42.2. The highest BCUT2D eigenvalue weighted by Gasteiger charge is 2.05. The fourth-order valence-electron chi connectivity index (χ4n) is 1.82. The van der Waals surface area contributed by atoms with E-state index in [1.807, 2.05) is 0 Å². The van der Waals surface area contributed by atoms with E-state index in [2.05, 4.69) is 10.6 Å². The third-order valence-corrected chi connectivity index (χ3v) is 2.97. The Morgan fingerprint density at radius 3 is 2.14 bits per heavy atom. The van der Waals surface area contributed by atoms with Crippen LogP contribution in [-0.4, -0.2) is 33.0 Å². The first-order valence-electron chi connectivity index (χ1n) is 6.53. The quantitative estimate of drug-likeness (QED) is 0.380. The predicted molar refractivity (Wildman–Crippen MR) is 80.3 cm³/mol. The number of phenols is 4. The van der Waals surface area contributed by atoms with Gasteiger partial charge in [0, 0.05) is 18.3 Å². The molecule has 2 aromatic rings. The van der Waals surface area contributed by atoms with Gasteiger partial charge >= 0.3 is 6.03 Å². The molecule has 0 aliphatic carbocycles. The first-order valence-corrected chi connectivity index (χ1v) is 6.53. The van der Waals surface area contributed by atoms with Crippen molar-refractivity contribution in [2.45, 2.75) is 6.42 Å². The lowest BCUT2D eigenvalue weighted by molar-refractivity contribution is 0.252. The van der Waals surface area contributed by atoms with Crippen molar-refractivity contribution in [3.05, 3.63) is 42.0 Å². The lowest BCUT2D eigenvalue weighted by Crippen LogP contribution is -2.30. The Morgan fingerprint density at radius 1 is 0.864 bits per heavy atom. The molecule has 0 bridgehead atoms. The molecule has 2 amide bonds. The summed E-state index contributed by atoms with van der Waals surface area (Å²) in [5.41, 5.74) is 1.10. The number of benzene rings is 2. The van der Waals surface area contributed by atoms with Crippen molar-refractivity contribution in [2.75, 3.05) is 11.9 Å². The maximum atomic E-state index is 11.7. The lowest BCUT2D eigenvalue weighted by atomic mass is 10.1. The summed E-state index contributed by atoms with van der Waals surface area (Å²) in [4.78, 5) is 11.7. The van der Waals surface area contributed by atoms with Crippen LogP contribution in [0.1, 0.15) is 5.56 Å². The first-order chi connectivity index (χ1) is 10.5. The van der Waals surface area contributed by atoms with Crippen LogP contribution in [0, 0.1) is 0 Å². The van der Waals surface area contributed by atoms with E-state index in [9.17, 15) is 25.2 Å². The van der Waals surface area contributed by atoms with Crippen molar-refractivity contribution in [1.29, 1.82) is 0 Å². The number of amides is 2. The number of carbonyl (C=O) groups is 1. The monoisotopic (exact) mass is 304 g/mol. The van der Waals surface area contributed by atoms with E-state index >= 15 is 0 Å². The second-order valence-corrected chi connectivity index (χ2v) is 4.66. The summed E-state index contributed by atoms with van der Waals surface area (Å²) >= 11 is 0. The molecule has 0 aliphatic heterocycles. The van der Waals surface area contributed by atoms with Crippen molar-refractivity contribution in [3.8, 4) is 23.0 Å².